The van der Waals surface area contributed by atoms with Gasteiger partial charge in [0.15, 0.2) is 0 Å². The molecule has 0 atom stereocenters. The van der Waals surface area contributed by atoms with Crippen molar-refractivity contribution >= 4 is 15.9 Å². The molecule has 0 radical (unpaired) electrons. The van der Waals surface area contributed by atoms with E-state index >= 15 is 0 Å². The summed E-state index contributed by atoms with van der Waals surface area (Å²) in [5.41, 5.74) is 0. The van der Waals surface area contributed by atoms with Crippen LogP contribution in [-0.4, -0.2) is 5.33 Å². The van der Waals surface area contributed by atoms with Crippen molar-refractivity contribution < 1.29 is 4.42 Å². The molecule has 0 saturated heterocycles. The number of halogens is 1. The Bertz CT molecular complexity index is 170. The first-order chi connectivity index (χ1) is 5.43. The summed E-state index contributed by atoms with van der Waals surface area (Å²) in [6, 6.07) is 3.98. The molecule has 0 fully saturated rings. The third-order valence-corrected chi connectivity index (χ3v) is 2.20. The second-order valence-corrected chi connectivity index (χ2v) is 3.37. The minimum Gasteiger partial charge on any atom is -0.469 e. The summed E-state index contributed by atoms with van der Waals surface area (Å²) in [4.78, 5) is 0. The highest BCUT2D eigenvalue weighted by molar-refractivity contribution is 9.09. The van der Waals surface area contributed by atoms with E-state index in [2.05, 4.69) is 15.9 Å². The molecule has 1 aromatic heterocycles. The molecule has 0 aliphatic carbocycles. The van der Waals surface area contributed by atoms with Gasteiger partial charge in [0.25, 0.3) is 0 Å². The van der Waals surface area contributed by atoms with Gasteiger partial charge in [-0.15, -0.1) is 0 Å². The summed E-state index contributed by atoms with van der Waals surface area (Å²) < 4.78 is 5.20. The van der Waals surface area contributed by atoms with E-state index in [1.807, 2.05) is 12.1 Å². The van der Waals surface area contributed by atoms with Crippen LogP contribution >= 0.6 is 15.9 Å². The smallest absolute Gasteiger partial charge is 0.103 e. The van der Waals surface area contributed by atoms with Crippen molar-refractivity contribution in [3.05, 3.63) is 24.2 Å². The zero-order valence-corrected chi connectivity index (χ0v) is 8.14. The van der Waals surface area contributed by atoms with E-state index in [0.717, 1.165) is 17.5 Å². The van der Waals surface area contributed by atoms with Crippen molar-refractivity contribution in [1.82, 2.24) is 0 Å². The van der Waals surface area contributed by atoms with Gasteiger partial charge in [-0.3, -0.25) is 0 Å². The predicted molar refractivity (Wildman–Crippen MR) is 50.1 cm³/mol. The SMILES string of the molecule is BrCCCCCc1ccco1. The molecule has 0 saturated carbocycles. The van der Waals surface area contributed by atoms with Gasteiger partial charge >= 0.3 is 0 Å². The molecule has 1 nitrogen and oxygen atoms in total. The molecule has 62 valence electrons. The molecular formula is C9H13BrO. The Kier molecular flexibility index (Phi) is 4.36. The Hall–Kier alpha value is -0.240. The normalized spacial score (nSPS) is 10.3. The molecule has 0 amide bonds. The number of alkyl halides is 1. The lowest BCUT2D eigenvalue weighted by Gasteiger charge is -1.94. The quantitative estimate of drug-likeness (QED) is 0.544. The van der Waals surface area contributed by atoms with Crippen molar-refractivity contribution in [2.24, 2.45) is 0 Å². The fourth-order valence-corrected chi connectivity index (χ4v) is 1.42. The summed E-state index contributed by atoms with van der Waals surface area (Å²) >= 11 is 3.40. The van der Waals surface area contributed by atoms with E-state index in [1.54, 1.807) is 6.26 Å². The molecule has 1 heterocycles. The van der Waals surface area contributed by atoms with Crippen LogP contribution in [0.15, 0.2) is 22.8 Å². The Morgan fingerprint density at radius 1 is 1.27 bits per heavy atom. The summed E-state index contributed by atoms with van der Waals surface area (Å²) in [6.07, 6.45) is 6.60. The third-order valence-electron chi connectivity index (χ3n) is 1.64. The molecule has 0 N–H and O–H groups in total. The summed E-state index contributed by atoms with van der Waals surface area (Å²) in [5, 5.41) is 1.12. The topological polar surface area (TPSA) is 13.1 Å². The van der Waals surface area contributed by atoms with Gasteiger partial charge in [0.05, 0.1) is 6.26 Å². The summed E-state index contributed by atoms with van der Waals surface area (Å²) in [6.45, 7) is 0. The average Bonchev–Trinajstić information content (AvgIpc) is 2.50. The fraction of sp³-hybridized carbons (Fsp3) is 0.556. The van der Waals surface area contributed by atoms with Gasteiger partial charge in [0.1, 0.15) is 5.76 Å². The highest BCUT2D eigenvalue weighted by Crippen LogP contribution is 2.07. The van der Waals surface area contributed by atoms with E-state index in [-0.39, 0.29) is 0 Å². The van der Waals surface area contributed by atoms with Gasteiger partial charge < -0.3 is 4.42 Å². The maximum atomic E-state index is 5.20. The number of rotatable bonds is 5. The number of unbranched alkanes of at least 4 members (excludes halogenated alkanes) is 2. The molecular weight excluding hydrogens is 204 g/mol. The van der Waals surface area contributed by atoms with Gasteiger partial charge in [0, 0.05) is 11.8 Å². The van der Waals surface area contributed by atoms with E-state index in [0.29, 0.717) is 0 Å². The molecule has 1 aromatic rings. The highest BCUT2D eigenvalue weighted by Gasteiger charge is 1.94. The second kappa shape index (κ2) is 5.42. The molecule has 0 aliphatic heterocycles. The van der Waals surface area contributed by atoms with Crippen LogP contribution in [0, 0.1) is 0 Å². The first-order valence-electron chi connectivity index (χ1n) is 4.02. The fourth-order valence-electron chi connectivity index (χ4n) is 1.03. The second-order valence-electron chi connectivity index (χ2n) is 2.58. The van der Waals surface area contributed by atoms with Crippen LogP contribution in [0.5, 0.6) is 0 Å². The lowest BCUT2D eigenvalue weighted by atomic mass is 10.2. The summed E-state index contributed by atoms with van der Waals surface area (Å²) in [5.74, 6) is 1.11. The van der Waals surface area contributed by atoms with E-state index < -0.39 is 0 Å². The molecule has 11 heavy (non-hydrogen) atoms. The zero-order valence-electron chi connectivity index (χ0n) is 6.55. The Labute approximate surface area is 75.9 Å². The monoisotopic (exact) mass is 216 g/mol. The molecule has 0 spiro atoms. The van der Waals surface area contributed by atoms with Crippen molar-refractivity contribution in [1.29, 1.82) is 0 Å². The molecule has 0 unspecified atom stereocenters. The standard InChI is InChI=1S/C9H13BrO/c10-7-3-1-2-5-9-6-4-8-11-9/h4,6,8H,1-3,5,7H2. The van der Waals surface area contributed by atoms with E-state index in [4.69, 9.17) is 4.42 Å². The van der Waals surface area contributed by atoms with Crippen LogP contribution in [0.25, 0.3) is 0 Å². The Morgan fingerprint density at radius 3 is 2.82 bits per heavy atom. The highest BCUT2D eigenvalue weighted by atomic mass is 79.9. The number of hydrogen-bond acceptors (Lipinski definition) is 1. The third kappa shape index (κ3) is 3.61. The number of furan rings is 1. The summed E-state index contributed by atoms with van der Waals surface area (Å²) in [7, 11) is 0. The molecule has 2 heteroatoms. The predicted octanol–water partition coefficient (Wildman–Crippen LogP) is 3.39. The van der Waals surface area contributed by atoms with E-state index in [9.17, 15) is 0 Å². The van der Waals surface area contributed by atoms with Crippen molar-refractivity contribution in [3.63, 3.8) is 0 Å². The van der Waals surface area contributed by atoms with Gasteiger partial charge in [-0.2, -0.15) is 0 Å². The lowest BCUT2D eigenvalue weighted by molar-refractivity contribution is 0.497. The maximum Gasteiger partial charge on any atom is 0.103 e. The zero-order chi connectivity index (χ0) is 7.94. The average molecular weight is 217 g/mol. The van der Waals surface area contributed by atoms with Gasteiger partial charge in [-0.25, -0.2) is 0 Å². The largest absolute Gasteiger partial charge is 0.469 e. The van der Waals surface area contributed by atoms with Crippen LogP contribution in [0.3, 0.4) is 0 Å². The van der Waals surface area contributed by atoms with Gasteiger partial charge in [-0.05, 0) is 25.0 Å². The van der Waals surface area contributed by atoms with Crippen LogP contribution in [0.1, 0.15) is 25.0 Å². The molecule has 0 aliphatic rings. The van der Waals surface area contributed by atoms with Crippen molar-refractivity contribution in [2.75, 3.05) is 5.33 Å². The van der Waals surface area contributed by atoms with Gasteiger partial charge in [0.2, 0.25) is 0 Å². The lowest BCUT2D eigenvalue weighted by Crippen LogP contribution is -1.82. The van der Waals surface area contributed by atoms with Crippen LogP contribution in [0.4, 0.5) is 0 Å². The molecule has 0 aromatic carbocycles. The molecule has 1 rings (SSSR count). The van der Waals surface area contributed by atoms with Crippen molar-refractivity contribution in [3.8, 4) is 0 Å². The minimum absolute atomic E-state index is 1.08. The van der Waals surface area contributed by atoms with Crippen LogP contribution in [0.2, 0.25) is 0 Å². The van der Waals surface area contributed by atoms with Gasteiger partial charge in [-0.1, -0.05) is 22.4 Å². The number of hydrogen-bond donors (Lipinski definition) is 0. The number of aryl methyl sites for hydroxylation is 1. The minimum atomic E-state index is 1.08. The first kappa shape index (κ1) is 8.85. The first-order valence-corrected chi connectivity index (χ1v) is 5.14. The Morgan fingerprint density at radius 2 is 2.18 bits per heavy atom. The van der Waals surface area contributed by atoms with Crippen LogP contribution in [-0.2, 0) is 6.42 Å². The van der Waals surface area contributed by atoms with E-state index in [1.165, 1.54) is 19.3 Å². The molecule has 0 bridgehead atoms. The maximum absolute atomic E-state index is 5.20. The Balaban J connectivity index is 2.04. The van der Waals surface area contributed by atoms with Crippen molar-refractivity contribution in [2.45, 2.75) is 25.7 Å². The van der Waals surface area contributed by atoms with Crippen LogP contribution < -0.4 is 0 Å².